The maximum absolute atomic E-state index is 5.76. The molecule has 12 heavy (non-hydrogen) atoms. The zero-order valence-corrected chi connectivity index (χ0v) is 8.56. The first kappa shape index (κ1) is 9.42. The normalized spacial score (nSPS) is 11.3. The van der Waals surface area contributed by atoms with Crippen molar-refractivity contribution in [1.82, 2.24) is 0 Å². The first-order chi connectivity index (χ1) is 5.68. The number of hydrogen-bond donors (Lipinski definition) is 2. The van der Waals surface area contributed by atoms with Crippen LogP contribution < -0.4 is 11.1 Å². The highest BCUT2D eigenvalue weighted by Crippen LogP contribution is 2.14. The Morgan fingerprint density at radius 2 is 2.33 bits per heavy atom. The van der Waals surface area contributed by atoms with Crippen molar-refractivity contribution in [2.75, 3.05) is 5.32 Å². The van der Waals surface area contributed by atoms with Crippen LogP contribution in [-0.2, 0) is 0 Å². The van der Waals surface area contributed by atoms with Crippen LogP contribution in [0.25, 0.3) is 0 Å². The molecule has 3 N–H and O–H groups in total. The van der Waals surface area contributed by atoms with Crippen molar-refractivity contribution in [1.29, 1.82) is 0 Å². The van der Waals surface area contributed by atoms with Crippen molar-refractivity contribution in [3.8, 4) is 0 Å². The molecule has 0 heterocycles. The minimum absolute atomic E-state index is 0.544. The van der Waals surface area contributed by atoms with Crippen LogP contribution in [0.5, 0.6) is 0 Å². The Morgan fingerprint density at radius 3 is 2.92 bits per heavy atom. The highest BCUT2D eigenvalue weighted by Gasteiger charge is 1.89. The molecule has 0 saturated carbocycles. The van der Waals surface area contributed by atoms with Gasteiger partial charge in [0.15, 0.2) is 0 Å². The average molecular weight is 248 g/mol. The summed E-state index contributed by atoms with van der Waals surface area (Å²) in [5.74, 6) is 0. The largest absolute Gasteiger partial charge is 0.392 e. The second kappa shape index (κ2) is 4.38. The molecule has 1 rings (SSSR count). The summed E-state index contributed by atoms with van der Waals surface area (Å²) in [4.78, 5) is 0. The highest BCUT2D eigenvalue weighted by molar-refractivity contribution is 9.11. The number of rotatable bonds is 2. The fourth-order valence-corrected chi connectivity index (χ4v) is 1.04. The molecule has 0 aromatic heterocycles. The summed E-state index contributed by atoms with van der Waals surface area (Å²) in [6.07, 6.45) is 1.64. The monoisotopic (exact) mass is 246 g/mol. The Hall–Kier alpha value is -0.670. The Morgan fingerprint density at radius 1 is 1.58 bits per heavy atom. The molecule has 0 amide bonds. The number of hydrogen-bond acceptors (Lipinski definition) is 2. The molecule has 0 radical (unpaired) electrons. The molecule has 1 aromatic rings. The van der Waals surface area contributed by atoms with Gasteiger partial charge >= 0.3 is 0 Å². The minimum Gasteiger partial charge on any atom is -0.392 e. The fourth-order valence-electron chi connectivity index (χ4n) is 0.731. The third-order valence-corrected chi connectivity index (χ3v) is 1.67. The molecule has 0 bridgehead atoms. The van der Waals surface area contributed by atoms with E-state index in [9.17, 15) is 0 Å². The first-order valence-electron chi connectivity index (χ1n) is 3.32. The Balaban J connectivity index is 2.70. The summed E-state index contributed by atoms with van der Waals surface area (Å²) in [5, 5.41) is 3.66. The quantitative estimate of drug-likeness (QED) is 0.789. The summed E-state index contributed by atoms with van der Waals surface area (Å²) in [5.41, 5.74) is 6.27. The average Bonchev–Trinajstić information content (AvgIpc) is 2.01. The summed E-state index contributed by atoms with van der Waals surface area (Å²) in [7, 11) is 0. The van der Waals surface area contributed by atoms with E-state index < -0.39 is 0 Å². The molecule has 0 saturated heterocycles. The van der Waals surface area contributed by atoms with E-state index in [2.05, 4.69) is 21.2 Å². The van der Waals surface area contributed by atoms with Gasteiger partial charge in [-0.25, -0.2) is 0 Å². The fraction of sp³-hybridized carbons (Fsp3) is 0. The molecule has 1 aromatic carbocycles. The van der Waals surface area contributed by atoms with Crippen molar-refractivity contribution in [2.24, 2.45) is 5.73 Å². The molecule has 2 nitrogen and oxygen atoms in total. The third-order valence-electron chi connectivity index (χ3n) is 1.20. The van der Waals surface area contributed by atoms with Crippen molar-refractivity contribution < 1.29 is 0 Å². The molecule has 0 aliphatic rings. The van der Waals surface area contributed by atoms with E-state index in [0.29, 0.717) is 9.63 Å². The molecule has 0 fully saturated rings. The lowest BCUT2D eigenvalue weighted by Gasteiger charge is -2.00. The topological polar surface area (TPSA) is 38.0 Å². The van der Waals surface area contributed by atoms with Crippen LogP contribution in [-0.4, -0.2) is 0 Å². The maximum atomic E-state index is 5.76. The Labute approximate surface area is 84.5 Å². The van der Waals surface area contributed by atoms with Gasteiger partial charge in [-0.1, -0.05) is 17.7 Å². The molecule has 0 unspecified atom stereocenters. The van der Waals surface area contributed by atoms with Crippen LogP contribution in [0.1, 0.15) is 0 Å². The van der Waals surface area contributed by atoms with Crippen LogP contribution in [0.15, 0.2) is 35.1 Å². The summed E-state index contributed by atoms with van der Waals surface area (Å²) >= 11 is 8.85. The number of nitrogens with two attached hydrogens (primary N) is 1. The van der Waals surface area contributed by atoms with Gasteiger partial charge in [-0.3, -0.25) is 0 Å². The molecule has 0 atom stereocenters. The van der Waals surface area contributed by atoms with Gasteiger partial charge in [0.1, 0.15) is 0 Å². The van der Waals surface area contributed by atoms with Gasteiger partial charge in [0.05, 0.1) is 4.61 Å². The molecular weight excluding hydrogens is 239 g/mol. The van der Waals surface area contributed by atoms with E-state index in [1.165, 1.54) is 0 Å². The molecule has 0 aliphatic heterocycles. The van der Waals surface area contributed by atoms with Crippen molar-refractivity contribution in [3.05, 3.63) is 40.1 Å². The zero-order chi connectivity index (χ0) is 8.97. The number of nitrogens with one attached hydrogen (secondary N) is 1. The smallest absolute Gasteiger partial charge is 0.0916 e. The molecule has 0 spiro atoms. The predicted molar refractivity (Wildman–Crippen MR) is 56.3 cm³/mol. The Kier molecular flexibility index (Phi) is 3.44. The van der Waals surface area contributed by atoms with Gasteiger partial charge in [0, 0.05) is 16.9 Å². The van der Waals surface area contributed by atoms with Gasteiger partial charge in [-0.05, 0) is 34.1 Å². The lowest BCUT2D eigenvalue weighted by molar-refractivity contribution is 1.49. The van der Waals surface area contributed by atoms with E-state index in [1.807, 2.05) is 24.3 Å². The Bertz CT molecular complexity index is 295. The van der Waals surface area contributed by atoms with E-state index in [1.54, 1.807) is 6.20 Å². The number of benzene rings is 1. The molecule has 4 heteroatoms. The molecular formula is C8H8BrClN2. The van der Waals surface area contributed by atoms with E-state index in [4.69, 9.17) is 17.3 Å². The SMILES string of the molecule is N/C(Br)=C\Nc1cccc(Cl)c1. The second-order valence-electron chi connectivity index (χ2n) is 2.18. The third kappa shape index (κ3) is 3.15. The van der Waals surface area contributed by atoms with Crippen molar-refractivity contribution >= 4 is 33.2 Å². The van der Waals surface area contributed by atoms with Crippen LogP contribution in [0.2, 0.25) is 5.02 Å². The van der Waals surface area contributed by atoms with E-state index >= 15 is 0 Å². The van der Waals surface area contributed by atoms with E-state index in [-0.39, 0.29) is 0 Å². The lowest BCUT2D eigenvalue weighted by Crippen LogP contribution is -1.93. The van der Waals surface area contributed by atoms with E-state index in [0.717, 1.165) is 5.69 Å². The lowest BCUT2D eigenvalue weighted by atomic mass is 10.3. The first-order valence-corrected chi connectivity index (χ1v) is 4.49. The van der Waals surface area contributed by atoms with Crippen LogP contribution in [0.4, 0.5) is 5.69 Å². The predicted octanol–water partition coefficient (Wildman–Crippen LogP) is 2.90. The maximum Gasteiger partial charge on any atom is 0.0916 e. The molecule has 64 valence electrons. The van der Waals surface area contributed by atoms with Gasteiger partial charge < -0.3 is 11.1 Å². The minimum atomic E-state index is 0.544. The summed E-state index contributed by atoms with van der Waals surface area (Å²) < 4.78 is 0.544. The summed E-state index contributed by atoms with van der Waals surface area (Å²) in [6.45, 7) is 0. The van der Waals surface area contributed by atoms with Crippen LogP contribution in [0.3, 0.4) is 0 Å². The van der Waals surface area contributed by atoms with Crippen molar-refractivity contribution in [3.63, 3.8) is 0 Å². The van der Waals surface area contributed by atoms with Gasteiger partial charge in [0.2, 0.25) is 0 Å². The van der Waals surface area contributed by atoms with Gasteiger partial charge in [-0.15, -0.1) is 0 Å². The number of halogens is 2. The van der Waals surface area contributed by atoms with Gasteiger partial charge in [-0.2, -0.15) is 0 Å². The number of anilines is 1. The van der Waals surface area contributed by atoms with Crippen LogP contribution in [0, 0.1) is 0 Å². The van der Waals surface area contributed by atoms with Crippen LogP contribution >= 0.6 is 27.5 Å². The highest BCUT2D eigenvalue weighted by atomic mass is 79.9. The standard InChI is InChI=1S/C8H8BrClN2/c9-8(11)5-12-7-3-1-2-6(10)4-7/h1-5,12H,11H2/b8-5-. The molecule has 0 aliphatic carbocycles. The second-order valence-corrected chi connectivity index (χ2v) is 3.54. The zero-order valence-electron chi connectivity index (χ0n) is 6.22. The van der Waals surface area contributed by atoms with Gasteiger partial charge in [0.25, 0.3) is 0 Å². The summed E-state index contributed by atoms with van der Waals surface area (Å²) in [6, 6.07) is 7.39. The van der Waals surface area contributed by atoms with Crippen molar-refractivity contribution in [2.45, 2.75) is 0 Å².